The predicted molar refractivity (Wildman–Crippen MR) is 99.1 cm³/mol. The van der Waals surface area contributed by atoms with Gasteiger partial charge in [0, 0.05) is 25.2 Å². The highest BCUT2D eigenvalue weighted by molar-refractivity contribution is 6.02. The molecular formula is C19H23N5O2. The molecule has 1 fully saturated rings. The number of anilines is 2. The van der Waals surface area contributed by atoms with E-state index in [9.17, 15) is 9.59 Å². The molecule has 0 radical (unpaired) electrons. The number of carbonyl (C=O) groups excluding carboxylic acids is 2. The number of aromatic nitrogens is 2. The molecule has 0 spiro atoms. The van der Waals surface area contributed by atoms with Gasteiger partial charge in [-0.05, 0) is 37.8 Å². The van der Waals surface area contributed by atoms with Gasteiger partial charge in [-0.3, -0.25) is 9.59 Å². The average molecular weight is 353 g/mol. The maximum atomic E-state index is 12.9. The van der Waals surface area contributed by atoms with Gasteiger partial charge in [0.15, 0.2) is 0 Å². The predicted octanol–water partition coefficient (Wildman–Crippen LogP) is 2.33. The molecule has 7 heteroatoms. The normalized spacial score (nSPS) is 19.4. The highest BCUT2D eigenvalue weighted by Gasteiger charge is 2.33. The summed E-state index contributed by atoms with van der Waals surface area (Å²) >= 11 is 0. The summed E-state index contributed by atoms with van der Waals surface area (Å²) in [4.78, 5) is 27.5. The van der Waals surface area contributed by atoms with Crippen LogP contribution in [0.5, 0.6) is 0 Å². The molecule has 7 nitrogen and oxygen atoms in total. The van der Waals surface area contributed by atoms with Gasteiger partial charge in [-0.15, -0.1) is 0 Å². The molecule has 2 aliphatic heterocycles. The van der Waals surface area contributed by atoms with Crippen molar-refractivity contribution in [2.75, 3.05) is 23.7 Å². The van der Waals surface area contributed by atoms with Crippen LogP contribution in [-0.2, 0) is 11.3 Å². The molecule has 3 heterocycles. The van der Waals surface area contributed by atoms with Crippen molar-refractivity contribution in [3.8, 4) is 0 Å². The van der Waals surface area contributed by atoms with E-state index in [1.54, 1.807) is 23.2 Å². The lowest BCUT2D eigenvalue weighted by Gasteiger charge is -2.34. The molecule has 1 saturated heterocycles. The molecule has 2 amide bonds. The first-order valence-corrected chi connectivity index (χ1v) is 9.20. The van der Waals surface area contributed by atoms with E-state index in [0.717, 1.165) is 38.2 Å². The summed E-state index contributed by atoms with van der Waals surface area (Å²) in [6.07, 6.45) is 5.25. The summed E-state index contributed by atoms with van der Waals surface area (Å²) in [6.45, 7) is 2.33. The zero-order valence-electron chi connectivity index (χ0n) is 14.6. The fraction of sp³-hybridized carbons (Fsp3) is 0.421. The van der Waals surface area contributed by atoms with Crippen LogP contribution in [-0.4, -0.2) is 45.6 Å². The maximum Gasteiger partial charge on any atom is 0.254 e. The molecule has 2 aromatic rings. The number of hydrogen-bond donors (Lipinski definition) is 2. The van der Waals surface area contributed by atoms with Crippen molar-refractivity contribution < 1.29 is 9.59 Å². The third-order valence-electron chi connectivity index (χ3n) is 5.02. The Morgan fingerprint density at radius 1 is 1.12 bits per heavy atom. The minimum atomic E-state index is -0.449. The van der Waals surface area contributed by atoms with Crippen LogP contribution in [0.25, 0.3) is 0 Å². The van der Waals surface area contributed by atoms with Gasteiger partial charge in [0.1, 0.15) is 17.5 Å². The van der Waals surface area contributed by atoms with E-state index in [1.807, 2.05) is 22.9 Å². The lowest BCUT2D eigenvalue weighted by atomic mass is 10.00. The fourth-order valence-corrected chi connectivity index (χ4v) is 3.68. The summed E-state index contributed by atoms with van der Waals surface area (Å²) in [5.41, 5.74) is 1.31. The zero-order chi connectivity index (χ0) is 17.9. The number of aryl methyl sites for hydroxylation is 1. The molecule has 2 aliphatic rings. The van der Waals surface area contributed by atoms with Crippen molar-refractivity contribution in [1.82, 2.24) is 14.7 Å². The van der Waals surface area contributed by atoms with Crippen molar-refractivity contribution in [3.63, 3.8) is 0 Å². The van der Waals surface area contributed by atoms with Crippen LogP contribution in [0.4, 0.5) is 11.5 Å². The number of nitrogens with zero attached hydrogens (tertiary/aromatic N) is 3. The van der Waals surface area contributed by atoms with E-state index < -0.39 is 6.04 Å². The second kappa shape index (κ2) is 7.19. The van der Waals surface area contributed by atoms with Gasteiger partial charge in [-0.1, -0.05) is 18.2 Å². The first kappa shape index (κ1) is 16.6. The van der Waals surface area contributed by atoms with Gasteiger partial charge in [-0.25, -0.2) is 4.68 Å². The van der Waals surface area contributed by atoms with E-state index in [0.29, 0.717) is 24.2 Å². The summed E-state index contributed by atoms with van der Waals surface area (Å²) in [5.74, 6) is 0.624. The highest BCUT2D eigenvalue weighted by Crippen LogP contribution is 2.26. The molecule has 2 N–H and O–H groups in total. The molecule has 1 aromatic heterocycles. The number of nitrogens with one attached hydrogen (secondary N) is 2. The number of carbonyl (C=O) groups is 2. The lowest BCUT2D eigenvalue weighted by Crippen LogP contribution is -2.50. The van der Waals surface area contributed by atoms with Crippen molar-refractivity contribution in [1.29, 1.82) is 0 Å². The van der Waals surface area contributed by atoms with Crippen LogP contribution in [0.15, 0.2) is 36.5 Å². The molecular weight excluding hydrogens is 330 g/mol. The molecule has 0 aliphatic carbocycles. The molecule has 1 aromatic carbocycles. The van der Waals surface area contributed by atoms with E-state index in [4.69, 9.17) is 0 Å². The number of rotatable bonds is 3. The molecule has 1 unspecified atom stereocenters. The summed E-state index contributed by atoms with van der Waals surface area (Å²) in [5, 5.41) is 10.6. The number of amides is 2. The molecule has 136 valence electrons. The number of piperidine rings is 1. The Morgan fingerprint density at radius 3 is 2.81 bits per heavy atom. The maximum absolute atomic E-state index is 12.9. The Bertz CT molecular complexity index is 802. The van der Waals surface area contributed by atoms with E-state index >= 15 is 0 Å². The monoisotopic (exact) mass is 353 g/mol. The Hall–Kier alpha value is -2.83. The van der Waals surface area contributed by atoms with E-state index in [1.165, 1.54) is 0 Å². The third-order valence-corrected chi connectivity index (χ3v) is 5.02. The first-order valence-electron chi connectivity index (χ1n) is 9.20. The summed E-state index contributed by atoms with van der Waals surface area (Å²) in [7, 11) is 0. The van der Waals surface area contributed by atoms with Gasteiger partial charge < -0.3 is 15.5 Å². The van der Waals surface area contributed by atoms with Crippen LogP contribution in [0.1, 0.15) is 36.0 Å². The second-order valence-electron chi connectivity index (χ2n) is 6.78. The zero-order valence-corrected chi connectivity index (χ0v) is 14.6. The Balaban J connectivity index is 1.52. The molecule has 26 heavy (non-hydrogen) atoms. The van der Waals surface area contributed by atoms with Gasteiger partial charge in [0.25, 0.3) is 5.91 Å². The summed E-state index contributed by atoms with van der Waals surface area (Å²) in [6, 6.07) is 8.71. The van der Waals surface area contributed by atoms with Crippen molar-refractivity contribution in [3.05, 3.63) is 42.1 Å². The van der Waals surface area contributed by atoms with E-state index in [2.05, 4.69) is 15.7 Å². The van der Waals surface area contributed by atoms with Crippen molar-refractivity contribution >= 4 is 23.3 Å². The van der Waals surface area contributed by atoms with Crippen LogP contribution in [0.3, 0.4) is 0 Å². The van der Waals surface area contributed by atoms with Gasteiger partial charge in [0.05, 0.1) is 6.20 Å². The quantitative estimate of drug-likeness (QED) is 0.888. The van der Waals surface area contributed by atoms with Gasteiger partial charge >= 0.3 is 0 Å². The molecule has 0 saturated carbocycles. The van der Waals surface area contributed by atoms with Crippen LogP contribution in [0, 0.1) is 0 Å². The second-order valence-corrected chi connectivity index (χ2v) is 6.78. The molecule has 0 bridgehead atoms. The van der Waals surface area contributed by atoms with Crippen LogP contribution < -0.4 is 10.6 Å². The lowest BCUT2D eigenvalue weighted by molar-refractivity contribution is -0.121. The van der Waals surface area contributed by atoms with E-state index in [-0.39, 0.29) is 11.8 Å². The Morgan fingerprint density at radius 2 is 1.96 bits per heavy atom. The van der Waals surface area contributed by atoms with Crippen molar-refractivity contribution in [2.24, 2.45) is 0 Å². The summed E-state index contributed by atoms with van der Waals surface area (Å²) < 4.78 is 1.87. The number of fused-ring (bicyclic) bond motifs is 1. The largest absolute Gasteiger partial charge is 0.368 e. The van der Waals surface area contributed by atoms with Gasteiger partial charge in [-0.2, -0.15) is 5.10 Å². The average Bonchev–Trinajstić information content (AvgIpc) is 3.11. The first-order chi connectivity index (χ1) is 12.7. The van der Waals surface area contributed by atoms with Gasteiger partial charge in [0.2, 0.25) is 5.91 Å². The number of hydrogen-bond acceptors (Lipinski definition) is 4. The minimum absolute atomic E-state index is 0.0828. The standard InChI is InChI=1S/C19H23N5O2/c25-18(22-15-13-21-24-12-6-10-20-17(15)24)16-9-4-5-11-23(16)19(26)14-7-2-1-3-8-14/h1-3,7-8,13,16,20H,4-6,9-12H2,(H,22,25). The van der Waals surface area contributed by atoms with Crippen molar-refractivity contribution in [2.45, 2.75) is 38.3 Å². The topological polar surface area (TPSA) is 79.3 Å². The highest BCUT2D eigenvalue weighted by atomic mass is 16.2. The Labute approximate surface area is 152 Å². The molecule has 4 rings (SSSR count). The SMILES string of the molecule is O=C(Nc1cnn2c1NCCC2)C1CCCCN1C(=O)c1ccccc1. The van der Waals surface area contributed by atoms with Crippen LogP contribution in [0.2, 0.25) is 0 Å². The smallest absolute Gasteiger partial charge is 0.254 e. The fourth-order valence-electron chi connectivity index (χ4n) is 3.68. The number of benzene rings is 1. The van der Waals surface area contributed by atoms with Crippen LogP contribution >= 0.6 is 0 Å². The number of likely N-dealkylation sites (tertiary alicyclic amines) is 1. The Kier molecular flexibility index (Phi) is 4.60. The third kappa shape index (κ3) is 3.16. The molecule has 1 atom stereocenters. The minimum Gasteiger partial charge on any atom is -0.368 e.